The van der Waals surface area contributed by atoms with Crippen molar-refractivity contribution >= 4 is 5.91 Å². The number of carbonyl (C=O) groups is 1. The molecule has 1 amide bonds. The molecule has 0 saturated carbocycles. The molecule has 0 aliphatic carbocycles. The Morgan fingerprint density at radius 3 is 2.76 bits per heavy atom. The summed E-state index contributed by atoms with van der Waals surface area (Å²) >= 11 is 0. The topological polar surface area (TPSA) is 67.2 Å². The van der Waals surface area contributed by atoms with E-state index in [0.717, 1.165) is 23.4 Å². The molecule has 0 fully saturated rings. The molecule has 0 bridgehead atoms. The van der Waals surface area contributed by atoms with Gasteiger partial charge in [-0.15, -0.1) is 0 Å². The van der Waals surface area contributed by atoms with Crippen LogP contribution < -0.4 is 5.32 Å². The molecule has 0 saturated heterocycles. The lowest BCUT2D eigenvalue weighted by Crippen LogP contribution is -2.28. The standard InChI is InChI=1S/C18H15F2N3O2/c1-11(12-4-2-5-13(10-12)23-9-3-8-21-23)22-18(25)16-14(19)6-7-15(24)17(16)20/h2-11,24H,1H3,(H,22,25)/t11-/m1/s1. The molecule has 3 aromatic rings. The highest BCUT2D eigenvalue weighted by Gasteiger charge is 2.22. The predicted molar refractivity (Wildman–Crippen MR) is 87.5 cm³/mol. The zero-order valence-electron chi connectivity index (χ0n) is 13.3. The summed E-state index contributed by atoms with van der Waals surface area (Å²) in [6.45, 7) is 1.69. The van der Waals surface area contributed by atoms with Crippen molar-refractivity contribution in [3.05, 3.63) is 77.6 Å². The van der Waals surface area contributed by atoms with Gasteiger partial charge in [0.15, 0.2) is 11.6 Å². The third-order valence-electron chi connectivity index (χ3n) is 3.78. The summed E-state index contributed by atoms with van der Waals surface area (Å²) in [6, 6.07) is 10.2. The van der Waals surface area contributed by atoms with Crippen molar-refractivity contribution in [2.24, 2.45) is 0 Å². The second kappa shape index (κ2) is 6.72. The maximum Gasteiger partial charge on any atom is 0.257 e. The summed E-state index contributed by atoms with van der Waals surface area (Å²) in [7, 11) is 0. The average molecular weight is 343 g/mol. The van der Waals surface area contributed by atoms with Gasteiger partial charge in [-0.2, -0.15) is 5.10 Å². The molecule has 0 aliphatic rings. The zero-order valence-corrected chi connectivity index (χ0v) is 13.3. The Kier molecular flexibility index (Phi) is 4.47. The smallest absolute Gasteiger partial charge is 0.257 e. The lowest BCUT2D eigenvalue weighted by atomic mass is 10.1. The van der Waals surface area contributed by atoms with Crippen molar-refractivity contribution < 1.29 is 18.7 Å². The molecular formula is C18H15F2N3O2. The molecular weight excluding hydrogens is 328 g/mol. The molecule has 25 heavy (non-hydrogen) atoms. The molecule has 2 aromatic carbocycles. The molecule has 1 heterocycles. The number of phenols is 1. The number of hydrogen-bond acceptors (Lipinski definition) is 3. The third kappa shape index (κ3) is 3.35. The summed E-state index contributed by atoms with van der Waals surface area (Å²) in [4.78, 5) is 12.2. The number of phenolic OH excluding ortho intramolecular Hbond substituents is 1. The minimum atomic E-state index is -1.28. The van der Waals surface area contributed by atoms with Gasteiger partial charge in [0, 0.05) is 12.4 Å². The van der Waals surface area contributed by atoms with Gasteiger partial charge in [-0.3, -0.25) is 4.79 Å². The molecule has 3 rings (SSSR count). The maximum atomic E-state index is 13.9. The van der Waals surface area contributed by atoms with E-state index in [2.05, 4.69) is 10.4 Å². The Balaban J connectivity index is 1.83. The molecule has 1 aromatic heterocycles. The molecule has 0 aliphatic heterocycles. The number of amides is 1. The number of benzene rings is 2. The summed E-state index contributed by atoms with van der Waals surface area (Å²) in [5.74, 6) is -4.04. The van der Waals surface area contributed by atoms with Gasteiger partial charge in [-0.05, 0) is 42.8 Å². The Morgan fingerprint density at radius 1 is 1.24 bits per heavy atom. The minimum Gasteiger partial charge on any atom is -0.505 e. The molecule has 128 valence electrons. The first-order valence-corrected chi connectivity index (χ1v) is 7.55. The van der Waals surface area contributed by atoms with E-state index in [4.69, 9.17) is 0 Å². The molecule has 0 unspecified atom stereocenters. The van der Waals surface area contributed by atoms with E-state index in [0.29, 0.717) is 0 Å². The first kappa shape index (κ1) is 16.6. The van der Waals surface area contributed by atoms with E-state index in [9.17, 15) is 18.7 Å². The van der Waals surface area contributed by atoms with Crippen LogP contribution in [0, 0.1) is 11.6 Å². The van der Waals surface area contributed by atoms with Crippen LogP contribution >= 0.6 is 0 Å². The molecule has 0 radical (unpaired) electrons. The van der Waals surface area contributed by atoms with Crippen LogP contribution in [-0.2, 0) is 0 Å². The molecule has 2 N–H and O–H groups in total. The highest BCUT2D eigenvalue weighted by molar-refractivity contribution is 5.95. The van der Waals surface area contributed by atoms with Crippen molar-refractivity contribution in [3.63, 3.8) is 0 Å². The van der Waals surface area contributed by atoms with Gasteiger partial charge in [0.25, 0.3) is 5.91 Å². The average Bonchev–Trinajstić information content (AvgIpc) is 3.13. The monoisotopic (exact) mass is 343 g/mol. The second-order valence-electron chi connectivity index (χ2n) is 5.50. The SMILES string of the molecule is C[C@@H](NC(=O)c1c(F)ccc(O)c1F)c1cccc(-n2cccn2)c1. The van der Waals surface area contributed by atoms with Gasteiger partial charge in [-0.25, -0.2) is 13.5 Å². The van der Waals surface area contributed by atoms with Crippen LogP contribution in [0.25, 0.3) is 5.69 Å². The van der Waals surface area contributed by atoms with Crippen molar-refractivity contribution in [1.82, 2.24) is 15.1 Å². The number of aromatic nitrogens is 2. The van der Waals surface area contributed by atoms with Crippen LogP contribution in [0.15, 0.2) is 54.9 Å². The predicted octanol–water partition coefficient (Wildman–Crippen LogP) is 3.35. The highest BCUT2D eigenvalue weighted by Crippen LogP contribution is 2.23. The van der Waals surface area contributed by atoms with Crippen LogP contribution in [-0.4, -0.2) is 20.8 Å². The summed E-state index contributed by atoms with van der Waals surface area (Å²) in [5.41, 5.74) is 0.718. The van der Waals surface area contributed by atoms with E-state index in [-0.39, 0.29) is 0 Å². The summed E-state index contributed by atoms with van der Waals surface area (Å²) in [5, 5.41) is 16.0. The van der Waals surface area contributed by atoms with Crippen LogP contribution in [0.4, 0.5) is 8.78 Å². The first-order chi connectivity index (χ1) is 12.0. The van der Waals surface area contributed by atoms with Gasteiger partial charge in [-0.1, -0.05) is 12.1 Å². The van der Waals surface area contributed by atoms with Crippen LogP contribution in [0.1, 0.15) is 28.9 Å². The zero-order chi connectivity index (χ0) is 18.0. The van der Waals surface area contributed by atoms with E-state index < -0.39 is 34.9 Å². The highest BCUT2D eigenvalue weighted by atomic mass is 19.1. The Labute approximate surface area is 142 Å². The number of halogens is 2. The Hall–Kier alpha value is -3.22. The van der Waals surface area contributed by atoms with Gasteiger partial charge in [0.2, 0.25) is 0 Å². The van der Waals surface area contributed by atoms with E-state index >= 15 is 0 Å². The number of aromatic hydroxyl groups is 1. The lowest BCUT2D eigenvalue weighted by Gasteiger charge is -2.16. The lowest BCUT2D eigenvalue weighted by molar-refractivity contribution is 0.0930. The second-order valence-corrected chi connectivity index (χ2v) is 5.50. The summed E-state index contributed by atoms with van der Waals surface area (Å²) in [6.07, 6.45) is 3.42. The van der Waals surface area contributed by atoms with Gasteiger partial charge in [0.1, 0.15) is 11.4 Å². The largest absolute Gasteiger partial charge is 0.505 e. The van der Waals surface area contributed by atoms with E-state index in [1.54, 1.807) is 42.2 Å². The molecule has 7 heteroatoms. The minimum absolute atomic E-state index is 0.510. The van der Waals surface area contributed by atoms with E-state index in [1.165, 1.54) is 0 Å². The van der Waals surface area contributed by atoms with Crippen molar-refractivity contribution in [1.29, 1.82) is 0 Å². The molecule has 1 atom stereocenters. The quantitative estimate of drug-likeness (QED) is 0.763. The van der Waals surface area contributed by atoms with Crippen LogP contribution in [0.2, 0.25) is 0 Å². The van der Waals surface area contributed by atoms with Gasteiger partial charge < -0.3 is 10.4 Å². The number of hydrogen-bond donors (Lipinski definition) is 2. The Bertz CT molecular complexity index is 911. The number of nitrogens with one attached hydrogen (secondary N) is 1. The Morgan fingerprint density at radius 2 is 2.04 bits per heavy atom. The number of rotatable bonds is 4. The van der Waals surface area contributed by atoms with Crippen molar-refractivity contribution in [3.8, 4) is 11.4 Å². The number of carbonyl (C=O) groups excluding carboxylic acids is 1. The van der Waals surface area contributed by atoms with Crippen molar-refractivity contribution in [2.75, 3.05) is 0 Å². The van der Waals surface area contributed by atoms with Crippen molar-refractivity contribution in [2.45, 2.75) is 13.0 Å². The van der Waals surface area contributed by atoms with Crippen LogP contribution in [0.3, 0.4) is 0 Å². The molecule has 5 nitrogen and oxygen atoms in total. The fraction of sp³-hybridized carbons (Fsp3) is 0.111. The summed E-state index contributed by atoms with van der Waals surface area (Å²) < 4.78 is 29.3. The maximum absolute atomic E-state index is 13.9. The molecule has 0 spiro atoms. The van der Waals surface area contributed by atoms with Crippen LogP contribution in [0.5, 0.6) is 5.75 Å². The van der Waals surface area contributed by atoms with Gasteiger partial charge in [0.05, 0.1) is 11.7 Å². The van der Waals surface area contributed by atoms with Gasteiger partial charge >= 0.3 is 0 Å². The normalized spacial score (nSPS) is 12.0. The first-order valence-electron chi connectivity index (χ1n) is 7.55. The van der Waals surface area contributed by atoms with E-state index in [1.807, 2.05) is 12.1 Å². The fourth-order valence-electron chi connectivity index (χ4n) is 2.46. The number of nitrogens with zero attached hydrogens (tertiary/aromatic N) is 2. The third-order valence-corrected chi connectivity index (χ3v) is 3.78. The fourth-order valence-corrected chi connectivity index (χ4v) is 2.46.